The summed E-state index contributed by atoms with van der Waals surface area (Å²) in [5.41, 5.74) is 1.74. The van der Waals surface area contributed by atoms with Crippen LogP contribution >= 0.6 is 23.2 Å². The number of amides is 1. The second-order valence-corrected chi connectivity index (χ2v) is 7.76. The van der Waals surface area contributed by atoms with Gasteiger partial charge in [-0.2, -0.15) is 10.2 Å². The number of hydrogen-bond donors (Lipinski definition) is 1. The summed E-state index contributed by atoms with van der Waals surface area (Å²) in [4.78, 5) is 12.3. The SMILES string of the molecule is O=C(Cn1nc(C2CC2)cc1C(F)F)Nc1cnn(Cc2ccc(Cl)c(Cl)c2)c1. The number of rotatable bonds is 7. The highest BCUT2D eigenvalue weighted by atomic mass is 35.5. The Morgan fingerprint density at radius 3 is 2.72 bits per heavy atom. The van der Waals surface area contributed by atoms with E-state index in [4.69, 9.17) is 23.2 Å². The smallest absolute Gasteiger partial charge is 0.280 e. The average Bonchev–Trinajstić information content (AvgIpc) is 3.29. The number of anilines is 1. The molecule has 2 heterocycles. The quantitative estimate of drug-likeness (QED) is 0.569. The Morgan fingerprint density at radius 1 is 1.24 bits per heavy atom. The lowest BCUT2D eigenvalue weighted by Crippen LogP contribution is -2.21. The van der Waals surface area contributed by atoms with Crippen LogP contribution in [0.5, 0.6) is 0 Å². The van der Waals surface area contributed by atoms with Gasteiger partial charge in [0.05, 0.1) is 34.2 Å². The second-order valence-electron chi connectivity index (χ2n) is 6.95. The zero-order chi connectivity index (χ0) is 20.5. The van der Waals surface area contributed by atoms with Gasteiger partial charge < -0.3 is 5.32 Å². The second kappa shape index (κ2) is 8.12. The fourth-order valence-corrected chi connectivity index (χ4v) is 3.33. The third kappa shape index (κ3) is 4.76. The monoisotopic (exact) mass is 439 g/mol. The van der Waals surface area contributed by atoms with Crippen molar-refractivity contribution in [3.8, 4) is 0 Å². The number of aromatic nitrogens is 4. The molecule has 1 fully saturated rings. The highest BCUT2D eigenvalue weighted by Crippen LogP contribution is 2.40. The van der Waals surface area contributed by atoms with Gasteiger partial charge in [0.25, 0.3) is 6.43 Å². The molecule has 6 nitrogen and oxygen atoms in total. The van der Waals surface area contributed by atoms with Crippen LogP contribution in [0.25, 0.3) is 0 Å². The van der Waals surface area contributed by atoms with Crippen molar-refractivity contribution >= 4 is 34.8 Å². The van der Waals surface area contributed by atoms with Gasteiger partial charge in [0.2, 0.25) is 5.91 Å². The molecule has 0 atom stereocenters. The molecule has 2 aromatic heterocycles. The van der Waals surface area contributed by atoms with Gasteiger partial charge >= 0.3 is 0 Å². The van der Waals surface area contributed by atoms with Gasteiger partial charge in [-0.25, -0.2) is 8.78 Å². The van der Waals surface area contributed by atoms with Crippen LogP contribution < -0.4 is 5.32 Å². The van der Waals surface area contributed by atoms with Crippen LogP contribution in [0.15, 0.2) is 36.7 Å². The highest BCUT2D eigenvalue weighted by molar-refractivity contribution is 6.42. The molecule has 29 heavy (non-hydrogen) atoms. The van der Waals surface area contributed by atoms with E-state index in [2.05, 4.69) is 15.5 Å². The van der Waals surface area contributed by atoms with Crippen LogP contribution in [-0.4, -0.2) is 25.5 Å². The highest BCUT2D eigenvalue weighted by Gasteiger charge is 2.29. The summed E-state index contributed by atoms with van der Waals surface area (Å²) >= 11 is 11.9. The molecule has 3 aromatic rings. The molecule has 0 saturated heterocycles. The fourth-order valence-electron chi connectivity index (χ4n) is 3.01. The maximum absolute atomic E-state index is 13.2. The first-order valence-electron chi connectivity index (χ1n) is 9.01. The molecule has 10 heteroatoms. The van der Waals surface area contributed by atoms with Crippen LogP contribution in [-0.2, 0) is 17.9 Å². The van der Waals surface area contributed by atoms with Crippen molar-refractivity contribution in [3.63, 3.8) is 0 Å². The summed E-state index contributed by atoms with van der Waals surface area (Å²) in [7, 11) is 0. The average molecular weight is 440 g/mol. The summed E-state index contributed by atoms with van der Waals surface area (Å²) < 4.78 is 29.2. The molecule has 0 unspecified atom stereocenters. The maximum atomic E-state index is 13.2. The van der Waals surface area contributed by atoms with Gasteiger partial charge in [-0.3, -0.25) is 14.2 Å². The largest absolute Gasteiger partial charge is 0.322 e. The van der Waals surface area contributed by atoms with Crippen molar-refractivity contribution < 1.29 is 13.6 Å². The van der Waals surface area contributed by atoms with E-state index in [0.717, 1.165) is 23.1 Å². The van der Waals surface area contributed by atoms with Crippen molar-refractivity contribution in [2.24, 2.45) is 0 Å². The lowest BCUT2D eigenvalue weighted by atomic mass is 10.2. The lowest BCUT2D eigenvalue weighted by molar-refractivity contribution is -0.117. The Kier molecular flexibility index (Phi) is 5.56. The van der Waals surface area contributed by atoms with E-state index in [1.165, 1.54) is 12.3 Å². The summed E-state index contributed by atoms with van der Waals surface area (Å²) in [5.74, 6) is -0.220. The Hall–Kier alpha value is -2.45. The number of carbonyl (C=O) groups is 1. The van der Waals surface area contributed by atoms with Crippen molar-refractivity contribution in [1.82, 2.24) is 19.6 Å². The molecule has 1 amide bonds. The third-order valence-corrected chi connectivity index (χ3v) is 5.33. The number of benzene rings is 1. The summed E-state index contributed by atoms with van der Waals surface area (Å²) in [5, 5.41) is 12.0. The molecular formula is C19H17Cl2F2N5O. The van der Waals surface area contributed by atoms with Crippen LogP contribution in [0.2, 0.25) is 10.0 Å². The number of alkyl halides is 2. The molecule has 4 rings (SSSR count). The molecule has 0 radical (unpaired) electrons. The van der Waals surface area contributed by atoms with Gasteiger partial charge in [0, 0.05) is 12.1 Å². The molecule has 1 aliphatic rings. The number of nitrogens with one attached hydrogen (secondary N) is 1. The lowest BCUT2D eigenvalue weighted by Gasteiger charge is -2.07. The van der Waals surface area contributed by atoms with Gasteiger partial charge in [-0.05, 0) is 36.6 Å². The molecule has 152 valence electrons. The first-order valence-corrected chi connectivity index (χ1v) is 9.76. The fraction of sp³-hybridized carbons (Fsp3) is 0.316. The minimum Gasteiger partial charge on any atom is -0.322 e. The van der Waals surface area contributed by atoms with Gasteiger partial charge in [0.15, 0.2) is 0 Å². The predicted octanol–water partition coefficient (Wildman–Crippen LogP) is 4.89. The minimum absolute atomic E-state index is 0.233. The molecule has 0 bridgehead atoms. The van der Waals surface area contributed by atoms with Gasteiger partial charge in [-0.15, -0.1) is 0 Å². The van der Waals surface area contributed by atoms with Crippen molar-refractivity contribution in [3.05, 3.63) is 63.7 Å². The summed E-state index contributed by atoms with van der Waals surface area (Å²) in [6.07, 6.45) is 2.35. The van der Waals surface area contributed by atoms with E-state index < -0.39 is 12.3 Å². The summed E-state index contributed by atoms with van der Waals surface area (Å²) in [6, 6.07) is 6.66. The predicted molar refractivity (Wildman–Crippen MR) is 106 cm³/mol. The van der Waals surface area contributed by atoms with E-state index in [1.807, 2.05) is 6.07 Å². The number of nitrogens with zero attached hydrogens (tertiary/aromatic N) is 4. The maximum Gasteiger partial charge on any atom is 0.280 e. The van der Waals surface area contributed by atoms with Crippen molar-refractivity contribution in [2.45, 2.75) is 38.3 Å². The third-order valence-electron chi connectivity index (χ3n) is 4.59. The van der Waals surface area contributed by atoms with Crippen LogP contribution in [0, 0.1) is 0 Å². The van der Waals surface area contributed by atoms with Crippen molar-refractivity contribution in [2.75, 3.05) is 5.32 Å². The number of carbonyl (C=O) groups excluding carboxylic acids is 1. The first kappa shape index (κ1) is 19.8. The number of hydrogen-bond acceptors (Lipinski definition) is 3. The molecular weight excluding hydrogens is 423 g/mol. The van der Waals surface area contributed by atoms with E-state index in [1.54, 1.807) is 23.0 Å². The Labute approximate surface area is 175 Å². The molecule has 1 saturated carbocycles. The van der Waals surface area contributed by atoms with Gasteiger partial charge in [-0.1, -0.05) is 29.3 Å². The van der Waals surface area contributed by atoms with Gasteiger partial charge in [0.1, 0.15) is 12.2 Å². The summed E-state index contributed by atoms with van der Waals surface area (Å²) in [6.45, 7) is 0.149. The van der Waals surface area contributed by atoms with Crippen LogP contribution in [0.3, 0.4) is 0 Å². The minimum atomic E-state index is -2.68. The zero-order valence-electron chi connectivity index (χ0n) is 15.2. The van der Waals surface area contributed by atoms with E-state index >= 15 is 0 Å². The standard InChI is InChI=1S/C19H17Cl2F2N5O/c20-14-4-1-11(5-15(14)21)8-27-9-13(7-24-27)25-18(29)10-28-17(19(22)23)6-16(26-28)12-2-3-12/h1,4-7,9,12,19H,2-3,8,10H2,(H,25,29). The number of halogens is 4. The van der Waals surface area contributed by atoms with E-state index in [9.17, 15) is 13.6 Å². The Morgan fingerprint density at radius 2 is 2.03 bits per heavy atom. The molecule has 1 aliphatic carbocycles. The van der Waals surface area contributed by atoms with Crippen LogP contribution in [0.1, 0.15) is 42.1 Å². The van der Waals surface area contributed by atoms with Crippen molar-refractivity contribution in [1.29, 1.82) is 0 Å². The zero-order valence-corrected chi connectivity index (χ0v) is 16.7. The Bertz CT molecular complexity index is 1050. The van der Waals surface area contributed by atoms with Crippen LogP contribution in [0.4, 0.5) is 14.5 Å². The molecule has 0 spiro atoms. The molecule has 0 aliphatic heterocycles. The first-order chi connectivity index (χ1) is 13.9. The topological polar surface area (TPSA) is 64.7 Å². The molecule has 1 N–H and O–H groups in total. The normalized spacial score (nSPS) is 13.8. The molecule has 1 aromatic carbocycles. The Balaban J connectivity index is 1.40. The van der Waals surface area contributed by atoms with E-state index in [0.29, 0.717) is 28.0 Å². The van der Waals surface area contributed by atoms with E-state index in [-0.39, 0.29) is 18.2 Å².